The van der Waals surface area contributed by atoms with E-state index in [4.69, 9.17) is 0 Å². The number of nitrogens with zero attached hydrogens (tertiary/aromatic N) is 4. The van der Waals surface area contributed by atoms with Gasteiger partial charge in [-0.2, -0.15) is 5.10 Å². The molecule has 0 bridgehead atoms. The van der Waals surface area contributed by atoms with Gasteiger partial charge in [0.25, 0.3) is 0 Å². The van der Waals surface area contributed by atoms with Crippen LogP contribution in [0.4, 0.5) is 10.5 Å². The van der Waals surface area contributed by atoms with Crippen LogP contribution in [0.3, 0.4) is 0 Å². The first-order valence-corrected chi connectivity index (χ1v) is 10.1. The molecule has 7 nitrogen and oxygen atoms in total. The fraction of sp³-hybridized carbons (Fsp3) is 0.476. The van der Waals surface area contributed by atoms with E-state index in [0.29, 0.717) is 13.1 Å². The second kappa shape index (κ2) is 8.46. The van der Waals surface area contributed by atoms with E-state index in [-0.39, 0.29) is 17.9 Å². The van der Waals surface area contributed by atoms with Crippen molar-refractivity contribution in [3.63, 3.8) is 0 Å². The third-order valence-electron chi connectivity index (χ3n) is 5.54. The molecule has 3 amide bonds. The highest BCUT2D eigenvalue weighted by molar-refractivity contribution is 5.93. The molecule has 1 atom stereocenters. The molecule has 0 unspecified atom stereocenters. The molecule has 2 fully saturated rings. The Morgan fingerprint density at radius 3 is 2.68 bits per heavy atom. The van der Waals surface area contributed by atoms with Crippen LogP contribution in [0.15, 0.2) is 42.7 Å². The van der Waals surface area contributed by atoms with Gasteiger partial charge in [0, 0.05) is 44.3 Å². The van der Waals surface area contributed by atoms with Gasteiger partial charge in [0.1, 0.15) is 0 Å². The van der Waals surface area contributed by atoms with Crippen LogP contribution < -0.4 is 5.32 Å². The summed E-state index contributed by atoms with van der Waals surface area (Å²) in [5.41, 5.74) is 1.87. The predicted octanol–water partition coefficient (Wildman–Crippen LogP) is 2.80. The second-order valence-corrected chi connectivity index (χ2v) is 7.66. The largest absolute Gasteiger partial charge is 0.326 e. The SMILES string of the molecule is O=C(Nc1cccc(Cn2cccn2)c1)[C@H]1CCCN(C(=O)N2CCCC2)C1. The van der Waals surface area contributed by atoms with Crippen molar-refractivity contribution in [2.45, 2.75) is 32.2 Å². The Kier molecular flexibility index (Phi) is 5.60. The summed E-state index contributed by atoms with van der Waals surface area (Å²) in [6, 6.07) is 9.84. The topological polar surface area (TPSA) is 70.5 Å². The molecule has 2 aromatic rings. The van der Waals surface area contributed by atoms with E-state index < -0.39 is 0 Å². The number of nitrogens with one attached hydrogen (secondary N) is 1. The maximum Gasteiger partial charge on any atom is 0.320 e. The minimum atomic E-state index is -0.157. The molecule has 4 rings (SSSR count). The van der Waals surface area contributed by atoms with E-state index in [9.17, 15) is 9.59 Å². The lowest BCUT2D eigenvalue weighted by Crippen LogP contribution is -2.48. The Bertz CT molecular complexity index is 814. The first kappa shape index (κ1) is 18.5. The van der Waals surface area contributed by atoms with Crippen molar-refractivity contribution in [3.05, 3.63) is 48.3 Å². The average molecular weight is 381 g/mol. The zero-order valence-corrected chi connectivity index (χ0v) is 16.1. The zero-order valence-electron chi connectivity index (χ0n) is 16.1. The van der Waals surface area contributed by atoms with Crippen molar-refractivity contribution >= 4 is 17.6 Å². The van der Waals surface area contributed by atoms with Gasteiger partial charge in [-0.1, -0.05) is 12.1 Å². The number of urea groups is 1. The van der Waals surface area contributed by atoms with Crippen molar-refractivity contribution in [1.29, 1.82) is 0 Å². The number of hydrogen-bond donors (Lipinski definition) is 1. The number of aromatic nitrogens is 2. The monoisotopic (exact) mass is 381 g/mol. The number of carbonyl (C=O) groups is 2. The van der Waals surface area contributed by atoms with E-state index in [0.717, 1.165) is 56.6 Å². The van der Waals surface area contributed by atoms with Gasteiger partial charge in [0.15, 0.2) is 0 Å². The highest BCUT2D eigenvalue weighted by Crippen LogP contribution is 2.22. The minimum absolute atomic E-state index is 0.00448. The Morgan fingerprint density at radius 2 is 1.89 bits per heavy atom. The molecule has 0 radical (unpaired) electrons. The van der Waals surface area contributed by atoms with Crippen molar-refractivity contribution in [3.8, 4) is 0 Å². The van der Waals surface area contributed by atoms with Gasteiger partial charge in [-0.3, -0.25) is 9.48 Å². The Balaban J connectivity index is 1.35. The van der Waals surface area contributed by atoms with Gasteiger partial charge in [0.2, 0.25) is 5.91 Å². The van der Waals surface area contributed by atoms with Gasteiger partial charge in [-0.05, 0) is 49.4 Å². The number of carbonyl (C=O) groups excluding carboxylic acids is 2. The summed E-state index contributed by atoms with van der Waals surface area (Å²) in [5, 5.41) is 7.26. The van der Waals surface area contributed by atoms with Gasteiger partial charge < -0.3 is 15.1 Å². The highest BCUT2D eigenvalue weighted by Gasteiger charge is 2.31. The summed E-state index contributed by atoms with van der Waals surface area (Å²) in [7, 11) is 0. The van der Waals surface area contributed by atoms with Crippen LogP contribution in [-0.2, 0) is 11.3 Å². The molecule has 1 aromatic heterocycles. The van der Waals surface area contributed by atoms with E-state index >= 15 is 0 Å². The molecular weight excluding hydrogens is 354 g/mol. The smallest absolute Gasteiger partial charge is 0.320 e. The lowest BCUT2D eigenvalue weighted by Gasteiger charge is -2.34. The lowest BCUT2D eigenvalue weighted by atomic mass is 9.97. The quantitative estimate of drug-likeness (QED) is 0.885. The molecule has 1 aromatic carbocycles. The van der Waals surface area contributed by atoms with E-state index in [1.807, 2.05) is 51.0 Å². The fourth-order valence-corrected chi connectivity index (χ4v) is 4.05. The standard InChI is InChI=1S/C21H27N5O2/c27-20(18-7-4-12-25(16-18)21(28)24-10-1-2-11-24)23-19-8-3-6-17(14-19)15-26-13-5-9-22-26/h3,5-6,8-9,13-14,18H,1-2,4,7,10-12,15-16H2,(H,23,27)/t18-/m0/s1. The maximum absolute atomic E-state index is 12.8. The van der Waals surface area contributed by atoms with Gasteiger partial charge >= 0.3 is 6.03 Å². The van der Waals surface area contributed by atoms with Crippen molar-refractivity contribution < 1.29 is 9.59 Å². The molecule has 148 valence electrons. The summed E-state index contributed by atoms with van der Waals surface area (Å²) < 4.78 is 1.85. The maximum atomic E-state index is 12.8. The van der Waals surface area contributed by atoms with Gasteiger partial charge in [0.05, 0.1) is 12.5 Å². The number of amides is 3. The molecule has 0 saturated carbocycles. The molecule has 0 spiro atoms. The first-order chi connectivity index (χ1) is 13.7. The van der Waals surface area contributed by atoms with Gasteiger partial charge in [-0.25, -0.2) is 4.79 Å². The number of piperidine rings is 1. The summed E-state index contributed by atoms with van der Waals surface area (Å²) in [4.78, 5) is 29.2. The number of benzene rings is 1. The Morgan fingerprint density at radius 1 is 1.07 bits per heavy atom. The predicted molar refractivity (Wildman–Crippen MR) is 107 cm³/mol. The third kappa shape index (κ3) is 4.35. The van der Waals surface area contributed by atoms with E-state index in [1.165, 1.54) is 0 Å². The van der Waals surface area contributed by atoms with Crippen LogP contribution >= 0.6 is 0 Å². The number of rotatable bonds is 4. The van der Waals surface area contributed by atoms with E-state index in [2.05, 4.69) is 10.4 Å². The minimum Gasteiger partial charge on any atom is -0.326 e. The van der Waals surface area contributed by atoms with Crippen LogP contribution in [0.2, 0.25) is 0 Å². The second-order valence-electron chi connectivity index (χ2n) is 7.66. The number of anilines is 1. The van der Waals surface area contributed by atoms with E-state index in [1.54, 1.807) is 6.20 Å². The summed E-state index contributed by atoms with van der Waals surface area (Å²) in [5.74, 6) is -0.162. The first-order valence-electron chi connectivity index (χ1n) is 10.1. The van der Waals surface area contributed by atoms with Crippen LogP contribution in [0.25, 0.3) is 0 Å². The molecule has 2 aliphatic heterocycles. The number of likely N-dealkylation sites (tertiary alicyclic amines) is 2. The van der Waals surface area contributed by atoms with Gasteiger partial charge in [-0.15, -0.1) is 0 Å². The number of hydrogen-bond acceptors (Lipinski definition) is 3. The Hall–Kier alpha value is -2.83. The van der Waals surface area contributed by atoms with Crippen LogP contribution in [0.5, 0.6) is 0 Å². The zero-order chi connectivity index (χ0) is 19.3. The van der Waals surface area contributed by atoms with Crippen molar-refractivity contribution in [2.75, 3.05) is 31.5 Å². The fourth-order valence-electron chi connectivity index (χ4n) is 4.05. The average Bonchev–Trinajstić information content (AvgIpc) is 3.42. The molecule has 3 heterocycles. The molecule has 2 aliphatic rings. The molecule has 28 heavy (non-hydrogen) atoms. The molecular formula is C21H27N5O2. The molecule has 7 heteroatoms. The van der Waals surface area contributed by atoms with Crippen LogP contribution in [0.1, 0.15) is 31.2 Å². The van der Waals surface area contributed by atoms with Crippen LogP contribution in [-0.4, -0.2) is 57.7 Å². The summed E-state index contributed by atoms with van der Waals surface area (Å²) >= 11 is 0. The lowest BCUT2D eigenvalue weighted by molar-refractivity contribution is -0.121. The molecule has 0 aliphatic carbocycles. The van der Waals surface area contributed by atoms with Crippen LogP contribution in [0, 0.1) is 5.92 Å². The molecule has 1 N–H and O–H groups in total. The van der Waals surface area contributed by atoms with Crippen molar-refractivity contribution in [2.24, 2.45) is 5.92 Å². The third-order valence-corrected chi connectivity index (χ3v) is 5.54. The summed E-state index contributed by atoms with van der Waals surface area (Å²) in [6.45, 7) is 3.61. The summed E-state index contributed by atoms with van der Waals surface area (Å²) in [6.07, 6.45) is 7.53. The highest BCUT2D eigenvalue weighted by atomic mass is 16.2. The normalized spacial score (nSPS) is 19.6. The van der Waals surface area contributed by atoms with Crippen molar-refractivity contribution in [1.82, 2.24) is 19.6 Å². The molecule has 2 saturated heterocycles. The Labute approximate surface area is 165 Å².